The molecule has 1 saturated heterocycles. The number of carbonyl (C=O) groups is 2. The second-order valence-corrected chi connectivity index (χ2v) is 6.54. The first kappa shape index (κ1) is 13.9. The molecule has 0 radical (unpaired) electrons. The van der Waals surface area contributed by atoms with Gasteiger partial charge in [0.05, 0.1) is 12.1 Å². The van der Waals surface area contributed by atoms with Crippen LogP contribution in [-0.4, -0.2) is 30.6 Å². The van der Waals surface area contributed by atoms with E-state index in [9.17, 15) is 9.59 Å². The molecule has 4 atom stereocenters. The fraction of sp³-hybridized carbons (Fsp3) is 0.867. The number of rotatable bonds is 4. The summed E-state index contributed by atoms with van der Waals surface area (Å²) >= 11 is 0. The molecule has 3 fully saturated rings. The Bertz CT molecular complexity index is 395. The molecule has 1 aliphatic heterocycles. The van der Waals surface area contributed by atoms with Crippen molar-refractivity contribution in [1.29, 1.82) is 0 Å². The van der Waals surface area contributed by atoms with Crippen molar-refractivity contribution >= 4 is 11.8 Å². The smallest absolute Gasteiger partial charge is 0.223 e. The summed E-state index contributed by atoms with van der Waals surface area (Å²) in [5.41, 5.74) is 5.37. The molecule has 3 rings (SSSR count). The van der Waals surface area contributed by atoms with Crippen LogP contribution in [0.25, 0.3) is 0 Å². The van der Waals surface area contributed by atoms with Crippen LogP contribution < -0.4 is 11.1 Å². The molecule has 0 bridgehead atoms. The lowest BCUT2D eigenvalue weighted by atomic mass is 9.80. The van der Waals surface area contributed by atoms with Gasteiger partial charge in [-0.1, -0.05) is 6.42 Å². The summed E-state index contributed by atoms with van der Waals surface area (Å²) in [6.07, 6.45) is 6.82. The maximum atomic E-state index is 12.4. The molecule has 1 heterocycles. The van der Waals surface area contributed by atoms with Gasteiger partial charge in [0.25, 0.3) is 0 Å². The predicted molar refractivity (Wildman–Crippen MR) is 73.7 cm³/mol. The zero-order valence-corrected chi connectivity index (χ0v) is 11.8. The van der Waals surface area contributed by atoms with E-state index < -0.39 is 0 Å². The van der Waals surface area contributed by atoms with E-state index in [0.29, 0.717) is 12.3 Å². The normalized spacial score (nSPS) is 37.6. The van der Waals surface area contributed by atoms with Crippen LogP contribution in [0.15, 0.2) is 0 Å². The van der Waals surface area contributed by atoms with Crippen LogP contribution in [0, 0.1) is 17.8 Å². The highest BCUT2D eigenvalue weighted by atomic mass is 16.5. The van der Waals surface area contributed by atoms with Crippen LogP contribution in [-0.2, 0) is 14.3 Å². The Kier molecular flexibility index (Phi) is 3.96. The summed E-state index contributed by atoms with van der Waals surface area (Å²) in [5.74, 6) is 0.299. The molecule has 4 unspecified atom stereocenters. The molecule has 0 aromatic carbocycles. The van der Waals surface area contributed by atoms with E-state index >= 15 is 0 Å². The number of primary amides is 1. The van der Waals surface area contributed by atoms with Gasteiger partial charge in [-0.2, -0.15) is 0 Å². The largest absolute Gasteiger partial charge is 0.376 e. The Hall–Kier alpha value is -1.10. The maximum absolute atomic E-state index is 12.4. The summed E-state index contributed by atoms with van der Waals surface area (Å²) in [5, 5.41) is 3.16. The third-order valence-electron chi connectivity index (χ3n) is 5.00. The van der Waals surface area contributed by atoms with Gasteiger partial charge in [0.1, 0.15) is 0 Å². The topological polar surface area (TPSA) is 81.4 Å². The van der Waals surface area contributed by atoms with E-state index in [2.05, 4.69) is 5.32 Å². The first-order valence-electron chi connectivity index (χ1n) is 7.86. The summed E-state index contributed by atoms with van der Waals surface area (Å²) < 4.78 is 5.75. The lowest BCUT2D eigenvalue weighted by molar-refractivity contribution is -0.129. The number of hydrogen-bond acceptors (Lipinski definition) is 3. The lowest BCUT2D eigenvalue weighted by Crippen LogP contribution is -2.45. The average molecular weight is 280 g/mol. The summed E-state index contributed by atoms with van der Waals surface area (Å²) in [7, 11) is 0. The van der Waals surface area contributed by atoms with Gasteiger partial charge in [-0.3, -0.25) is 9.59 Å². The first-order chi connectivity index (χ1) is 9.65. The first-order valence-corrected chi connectivity index (χ1v) is 7.86. The number of hydrogen-bond donors (Lipinski definition) is 2. The minimum atomic E-state index is -0.262. The summed E-state index contributed by atoms with van der Waals surface area (Å²) in [6, 6.07) is 0.170. The summed E-state index contributed by atoms with van der Waals surface area (Å²) in [6.45, 7) is 0.751. The molecular weight excluding hydrogens is 256 g/mol. The SMILES string of the molecule is NC(=O)C1CCCC(C(=O)NC2CCOC2C2CC2)C1. The molecule has 2 aliphatic carbocycles. The van der Waals surface area contributed by atoms with E-state index in [0.717, 1.165) is 32.3 Å². The minimum Gasteiger partial charge on any atom is -0.376 e. The second-order valence-electron chi connectivity index (χ2n) is 6.54. The van der Waals surface area contributed by atoms with Gasteiger partial charge in [0.15, 0.2) is 0 Å². The average Bonchev–Trinajstić information content (AvgIpc) is 3.19. The highest BCUT2D eigenvalue weighted by Crippen LogP contribution is 2.39. The van der Waals surface area contributed by atoms with Crippen LogP contribution in [0.4, 0.5) is 0 Å². The van der Waals surface area contributed by atoms with Crippen LogP contribution >= 0.6 is 0 Å². The molecule has 20 heavy (non-hydrogen) atoms. The van der Waals surface area contributed by atoms with Crippen LogP contribution in [0.1, 0.15) is 44.9 Å². The maximum Gasteiger partial charge on any atom is 0.223 e. The monoisotopic (exact) mass is 280 g/mol. The van der Waals surface area contributed by atoms with E-state index in [-0.39, 0.29) is 35.8 Å². The Morgan fingerprint density at radius 3 is 2.50 bits per heavy atom. The van der Waals surface area contributed by atoms with Gasteiger partial charge in [0.2, 0.25) is 11.8 Å². The molecule has 2 amide bonds. The standard InChI is InChI=1S/C15H24N2O3/c16-14(18)10-2-1-3-11(8-10)15(19)17-12-6-7-20-13(12)9-4-5-9/h9-13H,1-8H2,(H2,16,18)(H,17,19). The highest BCUT2D eigenvalue weighted by molar-refractivity contribution is 5.81. The molecule has 0 aromatic heterocycles. The molecule has 3 N–H and O–H groups in total. The number of nitrogens with two attached hydrogens (primary N) is 1. The second kappa shape index (κ2) is 5.72. The number of ether oxygens (including phenoxy) is 1. The Morgan fingerprint density at radius 2 is 1.80 bits per heavy atom. The molecule has 5 heteroatoms. The fourth-order valence-electron chi connectivity index (χ4n) is 3.64. The minimum absolute atomic E-state index is 0.0540. The van der Waals surface area contributed by atoms with Crippen molar-refractivity contribution < 1.29 is 14.3 Å². The van der Waals surface area contributed by atoms with E-state index in [1.54, 1.807) is 0 Å². The van der Waals surface area contributed by atoms with Gasteiger partial charge in [-0.05, 0) is 44.4 Å². The Morgan fingerprint density at radius 1 is 1.05 bits per heavy atom. The van der Waals surface area contributed by atoms with Crippen molar-refractivity contribution in [2.45, 2.75) is 57.1 Å². The fourth-order valence-corrected chi connectivity index (χ4v) is 3.64. The lowest BCUT2D eigenvalue weighted by Gasteiger charge is -2.28. The van der Waals surface area contributed by atoms with Crippen LogP contribution in [0.3, 0.4) is 0 Å². The quantitative estimate of drug-likeness (QED) is 0.805. The third kappa shape index (κ3) is 2.97. The van der Waals surface area contributed by atoms with Gasteiger partial charge in [-0.15, -0.1) is 0 Å². The van der Waals surface area contributed by atoms with Crippen molar-refractivity contribution in [3.63, 3.8) is 0 Å². The van der Waals surface area contributed by atoms with E-state index in [1.165, 1.54) is 12.8 Å². The third-order valence-corrected chi connectivity index (χ3v) is 5.00. The molecule has 5 nitrogen and oxygen atoms in total. The molecule has 2 saturated carbocycles. The van der Waals surface area contributed by atoms with Crippen molar-refractivity contribution in [1.82, 2.24) is 5.32 Å². The van der Waals surface area contributed by atoms with Gasteiger partial charge < -0.3 is 15.8 Å². The molecular formula is C15H24N2O3. The molecule has 0 spiro atoms. The predicted octanol–water partition coefficient (Wildman–Crippen LogP) is 0.962. The zero-order valence-electron chi connectivity index (χ0n) is 11.8. The van der Waals surface area contributed by atoms with Crippen molar-refractivity contribution in [2.75, 3.05) is 6.61 Å². The Labute approximate surface area is 119 Å². The molecule has 112 valence electrons. The van der Waals surface area contributed by atoms with E-state index in [1.807, 2.05) is 0 Å². The number of carbonyl (C=O) groups excluding carboxylic acids is 2. The van der Waals surface area contributed by atoms with Crippen molar-refractivity contribution in [3.05, 3.63) is 0 Å². The van der Waals surface area contributed by atoms with Crippen LogP contribution in [0.2, 0.25) is 0 Å². The summed E-state index contributed by atoms with van der Waals surface area (Å²) in [4.78, 5) is 23.7. The van der Waals surface area contributed by atoms with Crippen molar-refractivity contribution in [2.24, 2.45) is 23.5 Å². The van der Waals surface area contributed by atoms with Gasteiger partial charge >= 0.3 is 0 Å². The molecule has 0 aromatic rings. The Balaban J connectivity index is 1.54. The zero-order chi connectivity index (χ0) is 14.1. The van der Waals surface area contributed by atoms with E-state index in [4.69, 9.17) is 10.5 Å². The molecule has 3 aliphatic rings. The van der Waals surface area contributed by atoms with Gasteiger partial charge in [0, 0.05) is 18.4 Å². The van der Waals surface area contributed by atoms with Crippen molar-refractivity contribution in [3.8, 4) is 0 Å². The number of amides is 2. The van der Waals surface area contributed by atoms with Crippen LogP contribution in [0.5, 0.6) is 0 Å². The van der Waals surface area contributed by atoms with Gasteiger partial charge in [-0.25, -0.2) is 0 Å². The number of nitrogens with one attached hydrogen (secondary N) is 1. The highest BCUT2D eigenvalue weighted by Gasteiger charge is 2.42.